The summed E-state index contributed by atoms with van der Waals surface area (Å²) < 4.78 is 32.5. The molecule has 1 heterocycles. The summed E-state index contributed by atoms with van der Waals surface area (Å²) in [6, 6.07) is 0.875. The second kappa shape index (κ2) is 6.74. The number of halogens is 1. The van der Waals surface area contributed by atoms with E-state index in [9.17, 15) is 13.2 Å². The van der Waals surface area contributed by atoms with Crippen LogP contribution in [0.2, 0.25) is 0 Å². The van der Waals surface area contributed by atoms with Crippen LogP contribution in [0.15, 0.2) is 14.7 Å². The highest BCUT2D eigenvalue weighted by Crippen LogP contribution is 2.32. The summed E-state index contributed by atoms with van der Waals surface area (Å²) in [7, 11) is -2.47. The molecule has 3 N–H and O–H groups in total. The van der Waals surface area contributed by atoms with Crippen LogP contribution in [-0.4, -0.2) is 33.6 Å². The minimum absolute atomic E-state index is 0.0469. The van der Waals surface area contributed by atoms with Crippen molar-refractivity contribution in [3.05, 3.63) is 14.7 Å². The van der Waals surface area contributed by atoms with Crippen LogP contribution in [0.25, 0.3) is 0 Å². The smallest absolute Gasteiger partial charge is 0.348 e. The second-order valence-corrected chi connectivity index (χ2v) is 8.97. The van der Waals surface area contributed by atoms with Gasteiger partial charge in [-0.15, -0.1) is 11.3 Å². The monoisotopic (exact) mass is 396 g/mol. The van der Waals surface area contributed by atoms with Crippen LogP contribution in [0.5, 0.6) is 0 Å². The number of methoxy groups -OCH3 is 1. The van der Waals surface area contributed by atoms with Gasteiger partial charge in [-0.05, 0) is 34.8 Å². The molecule has 0 bridgehead atoms. The lowest BCUT2D eigenvalue weighted by Gasteiger charge is -2.28. The summed E-state index contributed by atoms with van der Waals surface area (Å²) in [6.07, 6.45) is 3.52. The van der Waals surface area contributed by atoms with E-state index in [4.69, 9.17) is 5.73 Å². The molecule has 1 saturated carbocycles. The summed E-state index contributed by atoms with van der Waals surface area (Å²) in [6.45, 7) is 0. The largest absolute Gasteiger partial charge is 0.465 e. The van der Waals surface area contributed by atoms with Crippen LogP contribution >= 0.6 is 27.3 Å². The minimum Gasteiger partial charge on any atom is -0.465 e. The topological polar surface area (TPSA) is 98.5 Å². The Morgan fingerprint density at radius 3 is 2.76 bits per heavy atom. The number of esters is 1. The zero-order valence-electron chi connectivity index (χ0n) is 11.5. The molecule has 1 aromatic rings. The first kappa shape index (κ1) is 16.9. The number of thiophene rings is 1. The van der Waals surface area contributed by atoms with Crippen molar-refractivity contribution in [2.75, 3.05) is 7.11 Å². The summed E-state index contributed by atoms with van der Waals surface area (Å²) in [5.74, 6) is -0.559. The first-order valence-corrected chi connectivity index (χ1v) is 9.60. The number of rotatable bonds is 4. The molecule has 21 heavy (non-hydrogen) atoms. The molecule has 1 aliphatic rings. The van der Waals surface area contributed by atoms with E-state index in [1.807, 2.05) is 0 Å². The number of nitrogens with one attached hydrogen (secondary N) is 1. The third-order valence-corrected chi connectivity index (χ3v) is 7.18. The van der Waals surface area contributed by atoms with Gasteiger partial charge in [0.15, 0.2) is 0 Å². The van der Waals surface area contributed by atoms with Crippen molar-refractivity contribution >= 4 is 43.3 Å². The molecule has 118 valence electrons. The maximum Gasteiger partial charge on any atom is 0.348 e. The molecule has 0 spiro atoms. The molecule has 0 aliphatic heterocycles. The fourth-order valence-corrected chi connectivity index (χ4v) is 6.11. The van der Waals surface area contributed by atoms with Crippen LogP contribution in [0.3, 0.4) is 0 Å². The third-order valence-electron chi connectivity index (χ3n) is 3.46. The Morgan fingerprint density at radius 1 is 1.48 bits per heavy atom. The molecular formula is C12H17BrN2O4S2. The quantitative estimate of drug-likeness (QED) is 0.756. The zero-order chi connectivity index (χ0) is 15.6. The molecule has 0 aromatic carbocycles. The molecule has 2 rings (SSSR count). The predicted molar refractivity (Wildman–Crippen MR) is 83.9 cm³/mol. The summed E-state index contributed by atoms with van der Waals surface area (Å²) in [5.41, 5.74) is 5.97. The van der Waals surface area contributed by atoms with Gasteiger partial charge in [0.2, 0.25) is 10.0 Å². The Morgan fingerprint density at radius 2 is 2.14 bits per heavy atom. The van der Waals surface area contributed by atoms with Gasteiger partial charge in [0, 0.05) is 12.1 Å². The van der Waals surface area contributed by atoms with Crippen molar-refractivity contribution in [2.45, 2.75) is 42.7 Å². The molecule has 0 saturated heterocycles. The van der Waals surface area contributed by atoms with Gasteiger partial charge in [-0.1, -0.05) is 12.8 Å². The highest BCUT2D eigenvalue weighted by atomic mass is 79.9. The van der Waals surface area contributed by atoms with Crippen LogP contribution in [0.4, 0.5) is 0 Å². The normalized spacial score (nSPS) is 23.0. The van der Waals surface area contributed by atoms with Crippen molar-refractivity contribution in [1.29, 1.82) is 0 Å². The number of carbonyl (C=O) groups excluding carboxylic acids is 1. The SMILES string of the molecule is COC(=O)c1cc(S(=O)(=O)NC2CCCCC2N)c(Br)s1. The molecule has 2 unspecified atom stereocenters. The molecule has 1 aliphatic carbocycles. The molecular weight excluding hydrogens is 380 g/mol. The third kappa shape index (κ3) is 3.84. The lowest BCUT2D eigenvalue weighted by molar-refractivity contribution is 0.0606. The minimum atomic E-state index is -3.72. The van der Waals surface area contributed by atoms with Crippen LogP contribution in [0, 0.1) is 0 Å². The number of carbonyl (C=O) groups is 1. The van der Waals surface area contributed by atoms with E-state index in [0.717, 1.165) is 37.0 Å². The average molecular weight is 397 g/mol. The summed E-state index contributed by atoms with van der Waals surface area (Å²) in [4.78, 5) is 11.8. The van der Waals surface area contributed by atoms with E-state index in [1.165, 1.54) is 13.2 Å². The van der Waals surface area contributed by atoms with Gasteiger partial charge in [-0.25, -0.2) is 17.9 Å². The van der Waals surface area contributed by atoms with Crippen molar-refractivity contribution < 1.29 is 17.9 Å². The van der Waals surface area contributed by atoms with E-state index < -0.39 is 16.0 Å². The van der Waals surface area contributed by atoms with Crippen molar-refractivity contribution in [2.24, 2.45) is 5.73 Å². The van der Waals surface area contributed by atoms with E-state index in [1.54, 1.807) is 0 Å². The first-order valence-electron chi connectivity index (χ1n) is 6.50. The van der Waals surface area contributed by atoms with Gasteiger partial charge in [0.25, 0.3) is 0 Å². The Labute approximate surface area is 136 Å². The van der Waals surface area contributed by atoms with E-state index in [2.05, 4.69) is 25.4 Å². The maximum atomic E-state index is 12.4. The number of hydrogen-bond acceptors (Lipinski definition) is 6. The molecule has 0 amide bonds. The van der Waals surface area contributed by atoms with E-state index in [-0.39, 0.29) is 21.9 Å². The Kier molecular flexibility index (Phi) is 5.42. The fraction of sp³-hybridized carbons (Fsp3) is 0.583. The molecule has 1 aromatic heterocycles. The van der Waals surface area contributed by atoms with Gasteiger partial charge in [-0.2, -0.15) is 0 Å². The Balaban J connectivity index is 2.23. The summed E-state index contributed by atoms with van der Waals surface area (Å²) in [5, 5.41) is 0. The summed E-state index contributed by atoms with van der Waals surface area (Å²) >= 11 is 4.22. The van der Waals surface area contributed by atoms with Gasteiger partial charge in [-0.3, -0.25) is 0 Å². The zero-order valence-corrected chi connectivity index (χ0v) is 14.7. The van der Waals surface area contributed by atoms with Crippen LogP contribution < -0.4 is 10.5 Å². The number of sulfonamides is 1. The first-order chi connectivity index (χ1) is 9.85. The second-order valence-electron chi connectivity index (χ2n) is 4.92. The lowest BCUT2D eigenvalue weighted by Crippen LogP contribution is -2.49. The molecule has 0 radical (unpaired) electrons. The molecule has 2 atom stereocenters. The van der Waals surface area contributed by atoms with Gasteiger partial charge in [0.1, 0.15) is 9.77 Å². The fourth-order valence-electron chi connectivity index (χ4n) is 2.31. The highest BCUT2D eigenvalue weighted by molar-refractivity contribution is 9.11. The van der Waals surface area contributed by atoms with Gasteiger partial charge >= 0.3 is 5.97 Å². The van der Waals surface area contributed by atoms with Gasteiger partial charge < -0.3 is 10.5 Å². The predicted octanol–water partition coefficient (Wildman–Crippen LogP) is 1.85. The van der Waals surface area contributed by atoms with Crippen molar-refractivity contribution in [3.8, 4) is 0 Å². The Bertz CT molecular complexity index is 629. The highest BCUT2D eigenvalue weighted by Gasteiger charge is 2.30. The average Bonchev–Trinajstić information content (AvgIpc) is 2.83. The van der Waals surface area contributed by atoms with Gasteiger partial charge in [0.05, 0.1) is 10.9 Å². The van der Waals surface area contributed by atoms with Crippen molar-refractivity contribution in [3.63, 3.8) is 0 Å². The number of hydrogen-bond donors (Lipinski definition) is 2. The molecule has 9 heteroatoms. The van der Waals surface area contributed by atoms with Crippen molar-refractivity contribution in [1.82, 2.24) is 4.72 Å². The number of nitrogens with two attached hydrogens (primary N) is 1. The Hall–Kier alpha value is -0.480. The van der Waals surface area contributed by atoms with E-state index in [0.29, 0.717) is 3.79 Å². The maximum absolute atomic E-state index is 12.4. The van der Waals surface area contributed by atoms with E-state index >= 15 is 0 Å². The lowest BCUT2D eigenvalue weighted by atomic mass is 9.92. The van der Waals surface area contributed by atoms with Crippen LogP contribution in [0.1, 0.15) is 35.4 Å². The molecule has 6 nitrogen and oxygen atoms in total. The van der Waals surface area contributed by atoms with Crippen LogP contribution in [-0.2, 0) is 14.8 Å². The number of ether oxygens (including phenoxy) is 1. The molecule has 1 fully saturated rings. The standard InChI is InChI=1S/C12H17BrN2O4S2/c1-19-12(16)9-6-10(11(13)20-9)21(17,18)15-8-5-3-2-4-7(8)14/h6-8,15H,2-5,14H2,1H3.